The number of halogens is 4. The van der Waals surface area contributed by atoms with E-state index < -0.39 is 6.04 Å². The molecule has 2 amide bonds. The molecule has 9 heteroatoms. The molecule has 0 fully saturated rings. The maximum absolute atomic E-state index is 13.2. The second-order valence-corrected chi connectivity index (χ2v) is 9.50. The third kappa shape index (κ3) is 7.55. The highest BCUT2D eigenvalue weighted by Crippen LogP contribution is 2.28. The standard InChI is InChI=1S/C23H26BrCl3N2O3/c1-4-14(3)28-23(31)20(5-2)29(12-15-6-7-17(26)11-19(15)27)22(30)13-32-21-9-8-16(25)10-18(21)24/h6-11,14,20H,4-5,12-13H2,1-3H3,(H,28,31)/t14-,20+/m1/s1. The fourth-order valence-corrected chi connectivity index (χ4v) is 4.27. The van der Waals surface area contributed by atoms with Crippen LogP contribution in [0.3, 0.4) is 0 Å². The molecule has 2 rings (SSSR count). The quantitative estimate of drug-likeness (QED) is 0.358. The molecule has 2 aromatic carbocycles. The Hall–Kier alpha value is -1.47. The van der Waals surface area contributed by atoms with Gasteiger partial charge in [0.15, 0.2) is 6.61 Å². The topological polar surface area (TPSA) is 58.6 Å². The van der Waals surface area contributed by atoms with Gasteiger partial charge in [-0.3, -0.25) is 9.59 Å². The van der Waals surface area contributed by atoms with Crippen molar-refractivity contribution in [3.05, 3.63) is 61.5 Å². The van der Waals surface area contributed by atoms with Crippen LogP contribution in [-0.4, -0.2) is 35.4 Å². The molecule has 5 nitrogen and oxygen atoms in total. The molecular weight excluding hydrogens is 539 g/mol. The summed E-state index contributed by atoms with van der Waals surface area (Å²) >= 11 is 21.7. The van der Waals surface area contributed by atoms with Crippen molar-refractivity contribution in [2.75, 3.05) is 6.61 Å². The average molecular weight is 565 g/mol. The fourth-order valence-electron chi connectivity index (χ4n) is 3.01. The SMILES string of the molecule is CC[C@@H](C)NC(=O)[C@H](CC)N(Cc1ccc(Cl)cc1Cl)C(=O)COc1ccc(Cl)cc1Br. The summed E-state index contributed by atoms with van der Waals surface area (Å²) in [4.78, 5) is 27.7. The zero-order valence-corrected chi connectivity index (χ0v) is 22.0. The first-order chi connectivity index (χ1) is 15.2. The molecule has 0 aliphatic heterocycles. The van der Waals surface area contributed by atoms with Gasteiger partial charge < -0.3 is 15.0 Å². The van der Waals surface area contributed by atoms with Gasteiger partial charge in [0.1, 0.15) is 11.8 Å². The largest absolute Gasteiger partial charge is 0.483 e. The third-order valence-corrected chi connectivity index (χ3v) is 6.43. The maximum Gasteiger partial charge on any atom is 0.261 e. The first-order valence-corrected chi connectivity index (χ1v) is 12.2. The van der Waals surface area contributed by atoms with Crippen LogP contribution in [0.25, 0.3) is 0 Å². The van der Waals surface area contributed by atoms with Crippen LogP contribution in [0.4, 0.5) is 0 Å². The van der Waals surface area contributed by atoms with E-state index in [-0.39, 0.29) is 31.0 Å². The second kappa shape index (κ2) is 12.7. The van der Waals surface area contributed by atoms with Crippen LogP contribution in [-0.2, 0) is 16.1 Å². The van der Waals surface area contributed by atoms with Crippen LogP contribution in [0.5, 0.6) is 5.75 Å². The van der Waals surface area contributed by atoms with E-state index in [4.69, 9.17) is 39.5 Å². The lowest BCUT2D eigenvalue weighted by molar-refractivity contribution is -0.143. The first kappa shape index (κ1) is 26.8. The van der Waals surface area contributed by atoms with Gasteiger partial charge in [0.05, 0.1) is 4.47 Å². The van der Waals surface area contributed by atoms with Gasteiger partial charge in [-0.25, -0.2) is 0 Å². The Balaban J connectivity index is 2.28. The lowest BCUT2D eigenvalue weighted by atomic mass is 10.1. The number of carbonyl (C=O) groups is 2. The van der Waals surface area contributed by atoms with Gasteiger partial charge in [0.2, 0.25) is 5.91 Å². The summed E-state index contributed by atoms with van der Waals surface area (Å²) in [6, 6.07) is 9.41. The van der Waals surface area contributed by atoms with Crippen LogP contribution in [0.15, 0.2) is 40.9 Å². The Bertz CT molecular complexity index is 958. The molecule has 0 radical (unpaired) electrons. The Morgan fingerprint density at radius 1 is 1.06 bits per heavy atom. The third-order valence-electron chi connectivity index (χ3n) is 4.99. The number of hydrogen-bond donors (Lipinski definition) is 1. The molecular formula is C23H26BrCl3N2O3. The van der Waals surface area contributed by atoms with E-state index in [2.05, 4.69) is 21.2 Å². The molecule has 0 bridgehead atoms. The van der Waals surface area contributed by atoms with Gasteiger partial charge in [0.25, 0.3) is 5.91 Å². The Labute approximate surface area is 212 Å². The van der Waals surface area contributed by atoms with Crippen molar-refractivity contribution in [1.82, 2.24) is 10.2 Å². The van der Waals surface area contributed by atoms with E-state index in [1.165, 1.54) is 4.90 Å². The van der Waals surface area contributed by atoms with E-state index in [1.807, 2.05) is 20.8 Å². The number of ether oxygens (including phenoxy) is 1. The number of amides is 2. The minimum Gasteiger partial charge on any atom is -0.483 e. The van der Waals surface area contributed by atoms with E-state index in [1.54, 1.807) is 36.4 Å². The van der Waals surface area contributed by atoms with Crippen LogP contribution in [0.1, 0.15) is 39.2 Å². The number of benzene rings is 2. The fraction of sp³-hybridized carbons (Fsp3) is 0.391. The molecule has 0 aliphatic rings. The molecule has 1 N–H and O–H groups in total. The van der Waals surface area contributed by atoms with Gasteiger partial charge in [0, 0.05) is 27.7 Å². The van der Waals surface area contributed by atoms with Crippen molar-refractivity contribution in [2.45, 2.75) is 52.2 Å². The number of hydrogen-bond acceptors (Lipinski definition) is 3. The molecule has 0 aromatic heterocycles. The summed E-state index contributed by atoms with van der Waals surface area (Å²) in [5.41, 5.74) is 0.687. The monoisotopic (exact) mass is 562 g/mol. The van der Waals surface area contributed by atoms with Crippen LogP contribution < -0.4 is 10.1 Å². The molecule has 174 valence electrons. The summed E-state index contributed by atoms with van der Waals surface area (Å²) in [5, 5.41) is 4.43. The maximum atomic E-state index is 13.2. The van der Waals surface area contributed by atoms with Crippen molar-refractivity contribution in [2.24, 2.45) is 0 Å². The Kier molecular flexibility index (Phi) is 10.6. The average Bonchev–Trinajstić information content (AvgIpc) is 2.74. The van der Waals surface area contributed by atoms with Gasteiger partial charge in [-0.1, -0.05) is 54.7 Å². The molecule has 0 unspecified atom stereocenters. The minimum absolute atomic E-state index is 0.00565. The number of rotatable bonds is 10. The van der Waals surface area contributed by atoms with E-state index in [9.17, 15) is 9.59 Å². The molecule has 0 aliphatic carbocycles. The van der Waals surface area contributed by atoms with E-state index in [0.717, 1.165) is 6.42 Å². The number of nitrogens with one attached hydrogen (secondary N) is 1. The van der Waals surface area contributed by atoms with Crippen LogP contribution >= 0.6 is 50.7 Å². The smallest absolute Gasteiger partial charge is 0.261 e. The zero-order valence-electron chi connectivity index (χ0n) is 18.1. The van der Waals surface area contributed by atoms with Gasteiger partial charge in [-0.2, -0.15) is 0 Å². The van der Waals surface area contributed by atoms with Gasteiger partial charge >= 0.3 is 0 Å². The molecule has 0 heterocycles. The van der Waals surface area contributed by atoms with E-state index >= 15 is 0 Å². The Morgan fingerprint density at radius 2 is 1.72 bits per heavy atom. The normalized spacial score (nSPS) is 12.7. The summed E-state index contributed by atoms with van der Waals surface area (Å²) in [6.07, 6.45) is 1.22. The summed E-state index contributed by atoms with van der Waals surface area (Å²) < 4.78 is 6.35. The molecule has 0 spiro atoms. The number of carbonyl (C=O) groups excluding carboxylic acids is 2. The van der Waals surface area contributed by atoms with Crippen molar-refractivity contribution >= 4 is 62.5 Å². The molecule has 0 saturated carbocycles. The van der Waals surface area contributed by atoms with Crippen molar-refractivity contribution in [3.63, 3.8) is 0 Å². The predicted molar refractivity (Wildman–Crippen MR) is 134 cm³/mol. The lowest BCUT2D eigenvalue weighted by Gasteiger charge is -2.31. The van der Waals surface area contributed by atoms with Crippen LogP contribution in [0, 0.1) is 0 Å². The number of nitrogens with zero attached hydrogens (tertiary/aromatic N) is 1. The van der Waals surface area contributed by atoms with Gasteiger partial charge in [-0.15, -0.1) is 0 Å². The molecule has 32 heavy (non-hydrogen) atoms. The van der Waals surface area contributed by atoms with Gasteiger partial charge in [-0.05, 0) is 71.6 Å². The predicted octanol–water partition coefficient (Wildman–Crippen LogP) is 6.51. The summed E-state index contributed by atoms with van der Waals surface area (Å²) in [6.45, 7) is 5.67. The van der Waals surface area contributed by atoms with Crippen molar-refractivity contribution in [3.8, 4) is 5.75 Å². The lowest BCUT2D eigenvalue weighted by Crippen LogP contribution is -2.51. The summed E-state index contributed by atoms with van der Waals surface area (Å²) in [7, 11) is 0. The highest BCUT2D eigenvalue weighted by Gasteiger charge is 2.30. The molecule has 0 saturated heterocycles. The first-order valence-electron chi connectivity index (χ1n) is 10.3. The van der Waals surface area contributed by atoms with Crippen molar-refractivity contribution < 1.29 is 14.3 Å². The second-order valence-electron chi connectivity index (χ2n) is 7.36. The Morgan fingerprint density at radius 3 is 2.31 bits per heavy atom. The van der Waals surface area contributed by atoms with Crippen LogP contribution in [0.2, 0.25) is 15.1 Å². The minimum atomic E-state index is -0.680. The zero-order chi connectivity index (χ0) is 23.8. The highest BCUT2D eigenvalue weighted by molar-refractivity contribution is 9.10. The molecule has 2 aromatic rings. The van der Waals surface area contributed by atoms with Crippen molar-refractivity contribution in [1.29, 1.82) is 0 Å². The molecule has 2 atom stereocenters. The summed E-state index contributed by atoms with van der Waals surface area (Å²) in [5.74, 6) is -0.0821. The highest BCUT2D eigenvalue weighted by atomic mass is 79.9. The van der Waals surface area contributed by atoms with E-state index in [0.29, 0.717) is 37.3 Å².